The Morgan fingerprint density at radius 3 is 2.47 bits per heavy atom. The molecule has 112 valence electrons. The molecular weight excluding hydrogens is 234 g/mol. The van der Waals surface area contributed by atoms with Gasteiger partial charge in [-0.05, 0) is 65.7 Å². The minimum atomic E-state index is 0.466. The summed E-state index contributed by atoms with van der Waals surface area (Å²) in [5.41, 5.74) is 0.466. The first-order valence-electron chi connectivity index (χ1n) is 8.15. The molecule has 2 unspecified atom stereocenters. The fraction of sp³-hybridized carbons (Fsp3) is 1.00. The van der Waals surface area contributed by atoms with Crippen LogP contribution in [0, 0.1) is 5.92 Å². The van der Waals surface area contributed by atoms with Crippen LogP contribution in [0.1, 0.15) is 45.4 Å². The summed E-state index contributed by atoms with van der Waals surface area (Å²) < 4.78 is 0. The number of piperidine rings is 1. The van der Waals surface area contributed by atoms with Crippen molar-refractivity contribution in [1.82, 2.24) is 15.1 Å². The van der Waals surface area contributed by atoms with Gasteiger partial charge in [0, 0.05) is 24.7 Å². The highest BCUT2D eigenvalue weighted by Gasteiger charge is 2.40. The highest BCUT2D eigenvalue weighted by molar-refractivity contribution is 4.98. The van der Waals surface area contributed by atoms with E-state index in [0.29, 0.717) is 11.6 Å². The lowest BCUT2D eigenvalue weighted by Gasteiger charge is -2.49. The fourth-order valence-corrected chi connectivity index (χ4v) is 3.88. The minimum Gasteiger partial charge on any atom is -0.313 e. The van der Waals surface area contributed by atoms with Gasteiger partial charge in [0.05, 0.1) is 0 Å². The smallest absolute Gasteiger partial charge is 0.0330 e. The Morgan fingerprint density at radius 1 is 1.21 bits per heavy atom. The van der Waals surface area contributed by atoms with E-state index in [1.807, 2.05) is 0 Å². The lowest BCUT2D eigenvalue weighted by Crippen LogP contribution is -2.58. The maximum Gasteiger partial charge on any atom is 0.0330 e. The Balaban J connectivity index is 1.79. The van der Waals surface area contributed by atoms with Crippen LogP contribution in [0.25, 0.3) is 0 Å². The highest BCUT2D eigenvalue weighted by atomic mass is 15.2. The quantitative estimate of drug-likeness (QED) is 0.796. The molecule has 2 fully saturated rings. The van der Waals surface area contributed by atoms with E-state index in [0.717, 1.165) is 5.92 Å². The van der Waals surface area contributed by atoms with Gasteiger partial charge in [0.15, 0.2) is 0 Å². The maximum atomic E-state index is 3.71. The van der Waals surface area contributed by atoms with Gasteiger partial charge in [-0.2, -0.15) is 0 Å². The van der Waals surface area contributed by atoms with Crippen molar-refractivity contribution >= 4 is 0 Å². The topological polar surface area (TPSA) is 18.5 Å². The number of rotatable bonds is 6. The zero-order valence-corrected chi connectivity index (χ0v) is 13.4. The summed E-state index contributed by atoms with van der Waals surface area (Å²) in [4.78, 5) is 5.02. The molecular formula is C16H33N3. The van der Waals surface area contributed by atoms with Crippen LogP contribution in [0.3, 0.4) is 0 Å². The van der Waals surface area contributed by atoms with Crippen molar-refractivity contribution in [2.75, 3.05) is 40.8 Å². The summed E-state index contributed by atoms with van der Waals surface area (Å²) in [6, 6.07) is 0.711. The average molecular weight is 267 g/mol. The average Bonchev–Trinajstić information content (AvgIpc) is 2.33. The van der Waals surface area contributed by atoms with Gasteiger partial charge in [0.25, 0.3) is 0 Å². The third-order valence-corrected chi connectivity index (χ3v) is 5.51. The normalized spacial score (nSPS) is 30.6. The van der Waals surface area contributed by atoms with Crippen LogP contribution < -0.4 is 5.32 Å². The molecule has 1 N–H and O–H groups in total. The summed E-state index contributed by atoms with van der Waals surface area (Å²) in [5.74, 6) is 0.950. The second-order valence-corrected chi connectivity index (χ2v) is 7.12. The fourth-order valence-electron chi connectivity index (χ4n) is 3.88. The molecule has 0 radical (unpaired) electrons. The van der Waals surface area contributed by atoms with E-state index < -0.39 is 0 Å². The standard InChI is InChI=1S/C16H33N3/c1-5-14-7-10-17-15(11-14)12-19(4)13-16(18(2)3)8-6-9-16/h14-15,17H,5-13H2,1-4H3. The van der Waals surface area contributed by atoms with Gasteiger partial charge in [0.1, 0.15) is 0 Å². The maximum absolute atomic E-state index is 3.71. The van der Waals surface area contributed by atoms with Gasteiger partial charge >= 0.3 is 0 Å². The first kappa shape index (κ1) is 15.3. The van der Waals surface area contributed by atoms with Gasteiger partial charge in [-0.1, -0.05) is 13.3 Å². The molecule has 3 nitrogen and oxygen atoms in total. The van der Waals surface area contributed by atoms with E-state index in [1.54, 1.807) is 0 Å². The first-order valence-corrected chi connectivity index (χ1v) is 8.15. The molecule has 0 bridgehead atoms. The van der Waals surface area contributed by atoms with Crippen molar-refractivity contribution < 1.29 is 0 Å². The summed E-state index contributed by atoms with van der Waals surface area (Å²) >= 11 is 0. The van der Waals surface area contributed by atoms with Crippen LogP contribution in [0.2, 0.25) is 0 Å². The molecule has 0 aromatic carbocycles. The van der Waals surface area contributed by atoms with E-state index in [1.165, 1.54) is 58.2 Å². The molecule has 0 aromatic rings. The second-order valence-electron chi connectivity index (χ2n) is 7.12. The Kier molecular flexibility index (Phi) is 5.27. The molecule has 2 atom stereocenters. The number of nitrogens with zero attached hydrogens (tertiary/aromatic N) is 2. The predicted molar refractivity (Wildman–Crippen MR) is 82.6 cm³/mol. The molecule has 0 amide bonds. The van der Waals surface area contributed by atoms with Crippen molar-refractivity contribution in [3.63, 3.8) is 0 Å². The third-order valence-electron chi connectivity index (χ3n) is 5.51. The Hall–Kier alpha value is -0.120. The second kappa shape index (κ2) is 6.55. The Bertz CT molecular complexity index is 273. The number of hydrogen-bond donors (Lipinski definition) is 1. The van der Waals surface area contributed by atoms with Gasteiger partial charge < -0.3 is 15.1 Å². The van der Waals surface area contributed by atoms with Gasteiger partial charge in [-0.15, -0.1) is 0 Å². The van der Waals surface area contributed by atoms with Crippen LogP contribution in [0.4, 0.5) is 0 Å². The van der Waals surface area contributed by atoms with Crippen molar-refractivity contribution in [1.29, 1.82) is 0 Å². The Morgan fingerprint density at radius 2 is 1.95 bits per heavy atom. The number of hydrogen-bond acceptors (Lipinski definition) is 3. The van der Waals surface area contributed by atoms with E-state index >= 15 is 0 Å². The monoisotopic (exact) mass is 267 g/mol. The highest BCUT2D eigenvalue weighted by Crippen LogP contribution is 2.36. The van der Waals surface area contributed by atoms with E-state index in [4.69, 9.17) is 0 Å². The van der Waals surface area contributed by atoms with E-state index in [9.17, 15) is 0 Å². The van der Waals surface area contributed by atoms with E-state index in [-0.39, 0.29) is 0 Å². The van der Waals surface area contributed by atoms with Crippen LogP contribution in [0.5, 0.6) is 0 Å². The molecule has 1 aliphatic carbocycles. The minimum absolute atomic E-state index is 0.466. The zero-order valence-electron chi connectivity index (χ0n) is 13.4. The molecule has 1 saturated heterocycles. The first-order chi connectivity index (χ1) is 9.05. The van der Waals surface area contributed by atoms with Crippen molar-refractivity contribution in [2.24, 2.45) is 5.92 Å². The molecule has 1 aliphatic heterocycles. The molecule has 3 heteroatoms. The van der Waals surface area contributed by atoms with Crippen LogP contribution in [0.15, 0.2) is 0 Å². The van der Waals surface area contributed by atoms with Crippen LogP contribution >= 0.6 is 0 Å². The SMILES string of the molecule is CCC1CCNC(CN(C)CC2(N(C)C)CCC2)C1. The van der Waals surface area contributed by atoms with Gasteiger partial charge in [0.2, 0.25) is 0 Å². The largest absolute Gasteiger partial charge is 0.313 e. The molecule has 2 aliphatic rings. The van der Waals surface area contributed by atoms with Crippen molar-refractivity contribution in [3.8, 4) is 0 Å². The molecule has 2 rings (SSSR count). The van der Waals surface area contributed by atoms with Gasteiger partial charge in [-0.25, -0.2) is 0 Å². The molecule has 1 heterocycles. The van der Waals surface area contributed by atoms with Crippen LogP contribution in [-0.4, -0.2) is 62.2 Å². The number of nitrogens with one attached hydrogen (secondary N) is 1. The molecule has 0 aromatic heterocycles. The third kappa shape index (κ3) is 3.71. The summed E-state index contributed by atoms with van der Waals surface area (Å²) in [5, 5.41) is 3.71. The van der Waals surface area contributed by atoms with Crippen LogP contribution in [-0.2, 0) is 0 Å². The van der Waals surface area contributed by atoms with Crippen molar-refractivity contribution in [3.05, 3.63) is 0 Å². The summed E-state index contributed by atoms with van der Waals surface area (Å²) in [6.45, 7) is 6.00. The zero-order chi connectivity index (χ0) is 13.9. The predicted octanol–water partition coefficient (Wildman–Crippen LogP) is 2.18. The molecule has 0 spiro atoms. The van der Waals surface area contributed by atoms with Gasteiger partial charge in [-0.3, -0.25) is 0 Å². The molecule has 1 saturated carbocycles. The number of likely N-dealkylation sites (N-methyl/N-ethyl adjacent to an activating group) is 2. The lowest BCUT2D eigenvalue weighted by atomic mass is 9.75. The van der Waals surface area contributed by atoms with E-state index in [2.05, 4.69) is 43.2 Å². The molecule has 19 heavy (non-hydrogen) atoms. The van der Waals surface area contributed by atoms with Crippen molar-refractivity contribution in [2.45, 2.75) is 57.0 Å². The Labute approximate surface area is 119 Å². The summed E-state index contributed by atoms with van der Waals surface area (Å²) in [7, 11) is 6.80. The summed E-state index contributed by atoms with van der Waals surface area (Å²) in [6.07, 6.45) is 8.25. The lowest BCUT2D eigenvalue weighted by molar-refractivity contribution is 0.0241.